The molecule has 0 amide bonds. The van der Waals surface area contributed by atoms with E-state index < -0.39 is 0 Å². The molecule has 0 atom stereocenters. The number of rotatable bonds is 6. The van der Waals surface area contributed by atoms with Gasteiger partial charge < -0.3 is 11.1 Å². The van der Waals surface area contributed by atoms with E-state index in [2.05, 4.69) is 32.6 Å². The van der Waals surface area contributed by atoms with Crippen molar-refractivity contribution in [1.29, 1.82) is 0 Å². The molecule has 1 aliphatic rings. The van der Waals surface area contributed by atoms with E-state index in [4.69, 9.17) is 5.73 Å². The van der Waals surface area contributed by atoms with Crippen LogP contribution in [0.15, 0.2) is 24.8 Å². The molecule has 0 aliphatic heterocycles. The lowest BCUT2D eigenvalue weighted by Crippen LogP contribution is -2.35. The van der Waals surface area contributed by atoms with Gasteiger partial charge in [-0.25, -0.2) is 9.97 Å². The fraction of sp³-hybridized carbons (Fsp3) is 0.533. The summed E-state index contributed by atoms with van der Waals surface area (Å²) in [6.45, 7) is 0.898. The average molecular weight is 286 g/mol. The predicted octanol–water partition coefficient (Wildman–Crippen LogP) is 1.46. The van der Waals surface area contributed by atoms with E-state index in [9.17, 15) is 0 Å². The second-order valence-electron chi connectivity index (χ2n) is 5.81. The van der Waals surface area contributed by atoms with Crippen molar-refractivity contribution in [2.24, 2.45) is 12.8 Å². The van der Waals surface area contributed by atoms with Gasteiger partial charge >= 0.3 is 0 Å². The number of hydrogen-bond donors (Lipinski definition) is 2. The van der Waals surface area contributed by atoms with E-state index >= 15 is 0 Å². The van der Waals surface area contributed by atoms with Crippen LogP contribution in [0.5, 0.6) is 0 Å². The highest BCUT2D eigenvalue weighted by Gasteiger charge is 2.28. The van der Waals surface area contributed by atoms with E-state index in [-0.39, 0.29) is 0 Å². The number of aryl methyl sites for hydroxylation is 2. The number of anilines is 1. The molecule has 3 rings (SSSR count). The van der Waals surface area contributed by atoms with E-state index in [1.165, 1.54) is 5.56 Å². The van der Waals surface area contributed by atoms with Gasteiger partial charge in [-0.2, -0.15) is 5.10 Å². The lowest BCUT2D eigenvalue weighted by molar-refractivity contribution is 0.345. The van der Waals surface area contributed by atoms with Gasteiger partial charge in [-0.05, 0) is 31.2 Å². The quantitative estimate of drug-likeness (QED) is 0.786. The van der Waals surface area contributed by atoms with E-state index in [1.807, 2.05) is 17.9 Å². The first-order chi connectivity index (χ1) is 10.2. The van der Waals surface area contributed by atoms with Crippen LogP contribution in [-0.4, -0.2) is 32.3 Å². The van der Waals surface area contributed by atoms with Crippen molar-refractivity contribution in [2.75, 3.05) is 11.9 Å². The highest BCUT2D eigenvalue weighted by molar-refractivity contribution is 5.36. The minimum Gasteiger partial charge on any atom is -0.370 e. The summed E-state index contributed by atoms with van der Waals surface area (Å²) in [4.78, 5) is 8.63. The van der Waals surface area contributed by atoms with Crippen LogP contribution in [0.3, 0.4) is 0 Å². The molecule has 0 spiro atoms. The fourth-order valence-corrected chi connectivity index (χ4v) is 2.71. The molecule has 0 unspecified atom stereocenters. The molecule has 1 aliphatic carbocycles. The van der Waals surface area contributed by atoms with Crippen LogP contribution in [0.4, 0.5) is 5.82 Å². The summed E-state index contributed by atoms with van der Waals surface area (Å²) in [5.41, 5.74) is 8.22. The van der Waals surface area contributed by atoms with Crippen LogP contribution < -0.4 is 11.1 Å². The third kappa shape index (κ3) is 3.58. The molecule has 1 saturated carbocycles. The molecule has 3 N–H and O–H groups in total. The number of hydrogen-bond acceptors (Lipinski definition) is 5. The third-order valence-electron chi connectivity index (χ3n) is 3.99. The smallest absolute Gasteiger partial charge is 0.129 e. The van der Waals surface area contributed by atoms with Crippen LogP contribution >= 0.6 is 0 Å². The first-order valence-electron chi connectivity index (χ1n) is 7.49. The predicted molar refractivity (Wildman–Crippen MR) is 82.0 cm³/mol. The molecule has 2 aromatic rings. The molecular formula is C15H22N6. The Labute approximate surface area is 124 Å². The van der Waals surface area contributed by atoms with Crippen LogP contribution in [0, 0.1) is 0 Å². The Morgan fingerprint density at radius 1 is 1.38 bits per heavy atom. The number of aromatic nitrogens is 4. The Kier molecular flexibility index (Phi) is 4.15. The van der Waals surface area contributed by atoms with Crippen molar-refractivity contribution in [3.05, 3.63) is 36.0 Å². The Hall–Kier alpha value is -1.95. The minimum atomic E-state index is 0.348. The minimum absolute atomic E-state index is 0.348. The summed E-state index contributed by atoms with van der Waals surface area (Å²) in [6.07, 6.45) is 9.78. The van der Waals surface area contributed by atoms with Crippen molar-refractivity contribution < 1.29 is 0 Å². The van der Waals surface area contributed by atoms with Crippen LogP contribution in [0.25, 0.3) is 0 Å². The van der Waals surface area contributed by atoms with Gasteiger partial charge in [-0.15, -0.1) is 0 Å². The van der Waals surface area contributed by atoms with Crippen LogP contribution in [0.2, 0.25) is 0 Å². The van der Waals surface area contributed by atoms with Crippen LogP contribution in [-0.2, 0) is 13.5 Å². The molecule has 0 bridgehead atoms. The number of nitrogens with one attached hydrogen (secondary N) is 1. The molecule has 112 valence electrons. The molecule has 6 heteroatoms. The molecule has 2 heterocycles. The zero-order valence-corrected chi connectivity index (χ0v) is 12.4. The van der Waals surface area contributed by atoms with E-state index in [0.29, 0.717) is 12.0 Å². The summed E-state index contributed by atoms with van der Waals surface area (Å²) in [5.74, 6) is 1.42. The fourth-order valence-electron chi connectivity index (χ4n) is 2.71. The summed E-state index contributed by atoms with van der Waals surface area (Å²) in [5, 5.41) is 7.54. The van der Waals surface area contributed by atoms with Crippen molar-refractivity contribution in [1.82, 2.24) is 19.7 Å². The van der Waals surface area contributed by atoms with Gasteiger partial charge in [0.15, 0.2) is 0 Å². The standard InChI is InChI=1S/C15H22N6/c1-21-9-11(8-20-21)3-2-4-17-15-7-14(18-10-19-15)12-5-13(16)6-12/h7-10,12-13H,2-6,16H2,1H3,(H,17,18,19). The maximum absolute atomic E-state index is 5.83. The summed E-state index contributed by atoms with van der Waals surface area (Å²) in [6, 6.07) is 2.40. The first kappa shape index (κ1) is 14.0. The normalized spacial score (nSPS) is 21.0. The topological polar surface area (TPSA) is 81.7 Å². The third-order valence-corrected chi connectivity index (χ3v) is 3.99. The lowest BCUT2D eigenvalue weighted by atomic mass is 9.79. The zero-order chi connectivity index (χ0) is 14.7. The maximum atomic E-state index is 5.83. The SMILES string of the molecule is Cn1cc(CCCNc2cc(C3CC(N)C3)ncn2)cn1. The Bertz CT molecular complexity index is 587. The average Bonchev–Trinajstić information content (AvgIpc) is 2.86. The summed E-state index contributed by atoms with van der Waals surface area (Å²) < 4.78 is 1.84. The first-order valence-corrected chi connectivity index (χ1v) is 7.49. The number of nitrogens with two attached hydrogens (primary N) is 1. The Morgan fingerprint density at radius 3 is 2.95 bits per heavy atom. The van der Waals surface area contributed by atoms with Crippen LogP contribution in [0.1, 0.15) is 36.4 Å². The van der Waals surface area contributed by atoms with Gasteiger partial charge in [0.2, 0.25) is 0 Å². The molecule has 2 aromatic heterocycles. The Morgan fingerprint density at radius 2 is 2.24 bits per heavy atom. The second kappa shape index (κ2) is 6.22. The van der Waals surface area contributed by atoms with Crippen molar-refractivity contribution in [2.45, 2.75) is 37.6 Å². The lowest BCUT2D eigenvalue weighted by Gasteiger charge is -2.31. The highest BCUT2D eigenvalue weighted by atomic mass is 15.2. The molecule has 0 radical (unpaired) electrons. The van der Waals surface area contributed by atoms with Gasteiger partial charge in [-0.3, -0.25) is 4.68 Å². The van der Waals surface area contributed by atoms with Gasteiger partial charge in [0.05, 0.1) is 6.20 Å². The molecule has 1 fully saturated rings. The van der Waals surface area contributed by atoms with E-state index in [0.717, 1.165) is 43.7 Å². The molecule has 0 saturated heterocycles. The van der Waals surface area contributed by atoms with Gasteiger partial charge in [0.25, 0.3) is 0 Å². The second-order valence-corrected chi connectivity index (χ2v) is 5.81. The molecule has 21 heavy (non-hydrogen) atoms. The monoisotopic (exact) mass is 286 g/mol. The maximum Gasteiger partial charge on any atom is 0.129 e. The molecular weight excluding hydrogens is 264 g/mol. The molecule has 0 aromatic carbocycles. The number of nitrogens with zero attached hydrogens (tertiary/aromatic N) is 4. The van der Waals surface area contributed by atoms with Gasteiger partial charge in [0, 0.05) is 43.5 Å². The van der Waals surface area contributed by atoms with Gasteiger partial charge in [0.1, 0.15) is 12.1 Å². The summed E-state index contributed by atoms with van der Waals surface area (Å²) in [7, 11) is 1.94. The molecule has 6 nitrogen and oxygen atoms in total. The van der Waals surface area contributed by atoms with Crippen molar-refractivity contribution in [3.63, 3.8) is 0 Å². The van der Waals surface area contributed by atoms with Crippen molar-refractivity contribution in [3.8, 4) is 0 Å². The Balaban J connectivity index is 1.45. The van der Waals surface area contributed by atoms with E-state index in [1.54, 1.807) is 6.33 Å². The van der Waals surface area contributed by atoms with Gasteiger partial charge in [-0.1, -0.05) is 0 Å². The summed E-state index contributed by atoms with van der Waals surface area (Å²) >= 11 is 0. The zero-order valence-electron chi connectivity index (χ0n) is 12.4. The largest absolute Gasteiger partial charge is 0.370 e. The van der Waals surface area contributed by atoms with Crippen molar-refractivity contribution >= 4 is 5.82 Å². The highest BCUT2D eigenvalue weighted by Crippen LogP contribution is 2.34.